The summed E-state index contributed by atoms with van der Waals surface area (Å²) >= 11 is 0. The first kappa shape index (κ1) is 28.1. The van der Waals surface area contributed by atoms with Gasteiger partial charge in [0.15, 0.2) is 17.0 Å². The van der Waals surface area contributed by atoms with Gasteiger partial charge < -0.3 is 8.83 Å². The van der Waals surface area contributed by atoms with Crippen molar-refractivity contribution < 1.29 is 8.83 Å². The average molecular weight is 643 g/mol. The SMILES string of the molecule is c1ccc(-c2cc(-c3ccccc3)nc(-c3cc(-c4ccnc5c4oc4ccccc45)ccc3-c3ccnc4c3oc3ccccc34)n2)cc1. The maximum atomic E-state index is 6.49. The summed E-state index contributed by atoms with van der Waals surface area (Å²) in [6, 6.07) is 48.9. The Hall–Kier alpha value is -6.92. The molecule has 0 fully saturated rings. The smallest absolute Gasteiger partial charge is 0.161 e. The van der Waals surface area contributed by atoms with E-state index >= 15 is 0 Å². The van der Waals surface area contributed by atoms with E-state index in [0.29, 0.717) is 11.4 Å². The molecule has 0 unspecified atom stereocenters. The third-order valence-electron chi connectivity index (χ3n) is 9.24. The minimum Gasteiger partial charge on any atom is -0.454 e. The zero-order chi connectivity index (χ0) is 33.0. The normalized spacial score (nSPS) is 11.6. The first-order valence-electron chi connectivity index (χ1n) is 16.5. The molecule has 5 aromatic carbocycles. The molecule has 6 heteroatoms. The van der Waals surface area contributed by atoms with Crippen molar-refractivity contribution in [1.29, 1.82) is 0 Å². The van der Waals surface area contributed by atoms with Crippen LogP contribution in [-0.2, 0) is 0 Å². The molecule has 0 saturated heterocycles. The van der Waals surface area contributed by atoms with Crippen LogP contribution in [0.1, 0.15) is 0 Å². The van der Waals surface area contributed by atoms with Crippen LogP contribution in [0.5, 0.6) is 0 Å². The molecule has 0 atom stereocenters. The zero-order valence-corrected chi connectivity index (χ0v) is 26.6. The average Bonchev–Trinajstić information content (AvgIpc) is 3.77. The Labute approximate surface area is 286 Å². The molecular formula is C44H26N4O2. The van der Waals surface area contributed by atoms with Crippen molar-refractivity contribution >= 4 is 44.1 Å². The third-order valence-corrected chi connectivity index (χ3v) is 9.24. The number of nitrogens with zero attached hydrogens (tertiary/aromatic N) is 4. The van der Waals surface area contributed by atoms with E-state index in [2.05, 4.69) is 48.5 Å². The van der Waals surface area contributed by atoms with E-state index in [1.54, 1.807) is 0 Å². The second-order valence-corrected chi connectivity index (χ2v) is 12.2. The molecule has 5 heterocycles. The Morgan fingerprint density at radius 3 is 1.50 bits per heavy atom. The predicted molar refractivity (Wildman–Crippen MR) is 199 cm³/mol. The van der Waals surface area contributed by atoms with E-state index in [1.165, 1.54) is 0 Å². The zero-order valence-electron chi connectivity index (χ0n) is 26.6. The number of rotatable bonds is 5. The summed E-state index contributed by atoms with van der Waals surface area (Å²) in [5.41, 5.74) is 13.0. The van der Waals surface area contributed by atoms with Gasteiger partial charge in [0.05, 0.1) is 11.4 Å². The summed E-state index contributed by atoms with van der Waals surface area (Å²) in [6.07, 6.45) is 3.68. The fraction of sp³-hybridized carbons (Fsp3) is 0. The number of pyridine rings is 2. The van der Waals surface area contributed by atoms with Gasteiger partial charge in [-0.25, -0.2) is 9.97 Å². The van der Waals surface area contributed by atoms with Crippen LogP contribution in [0, 0.1) is 0 Å². The minimum atomic E-state index is 0.595. The number of fused-ring (bicyclic) bond motifs is 6. The summed E-state index contributed by atoms with van der Waals surface area (Å²) in [4.78, 5) is 19.9. The van der Waals surface area contributed by atoms with Crippen LogP contribution < -0.4 is 0 Å². The summed E-state index contributed by atoms with van der Waals surface area (Å²) in [5, 5.41) is 1.96. The standard InChI is InChI=1S/C44H26N4O2/c1-3-11-27(12-4-1)36-26-37(28-13-5-2-6-14-28)48-44(47-36)35-25-29(30-21-23-45-40-33-15-7-9-17-38(33)49-42(30)40)19-20-31(35)32-22-24-46-41-34-16-8-10-18-39(34)50-43(32)41/h1-26H. The monoisotopic (exact) mass is 642 g/mol. The Morgan fingerprint density at radius 1 is 0.380 bits per heavy atom. The van der Waals surface area contributed by atoms with Crippen molar-refractivity contribution in [2.75, 3.05) is 0 Å². The van der Waals surface area contributed by atoms with Gasteiger partial charge in [-0.1, -0.05) is 97.1 Å². The van der Waals surface area contributed by atoms with E-state index < -0.39 is 0 Å². The maximum Gasteiger partial charge on any atom is 0.161 e. The Balaban J connectivity index is 1.27. The lowest BCUT2D eigenvalue weighted by molar-refractivity contribution is 0.668. The van der Waals surface area contributed by atoms with Crippen molar-refractivity contribution in [3.63, 3.8) is 0 Å². The highest BCUT2D eigenvalue weighted by Gasteiger charge is 2.21. The van der Waals surface area contributed by atoms with Crippen LogP contribution in [0.4, 0.5) is 0 Å². The van der Waals surface area contributed by atoms with Crippen molar-refractivity contribution in [3.05, 3.63) is 158 Å². The minimum absolute atomic E-state index is 0.595. The predicted octanol–water partition coefficient (Wildman–Crippen LogP) is 11.4. The molecule has 0 spiro atoms. The summed E-state index contributed by atoms with van der Waals surface area (Å²) in [5.74, 6) is 0.595. The molecule has 10 rings (SSSR count). The number of para-hydroxylation sites is 2. The van der Waals surface area contributed by atoms with Gasteiger partial charge in [-0.3, -0.25) is 9.97 Å². The molecule has 0 radical (unpaired) electrons. The van der Waals surface area contributed by atoms with E-state index in [-0.39, 0.29) is 0 Å². The van der Waals surface area contributed by atoms with Crippen molar-refractivity contribution in [3.8, 4) is 56.2 Å². The fourth-order valence-corrected chi connectivity index (χ4v) is 6.86. The fourth-order valence-electron chi connectivity index (χ4n) is 6.86. The topological polar surface area (TPSA) is 77.8 Å². The lowest BCUT2D eigenvalue weighted by Crippen LogP contribution is -1.98. The van der Waals surface area contributed by atoms with Crippen LogP contribution in [0.3, 0.4) is 0 Å². The Kier molecular flexibility index (Phi) is 6.39. The van der Waals surface area contributed by atoms with Gasteiger partial charge >= 0.3 is 0 Å². The van der Waals surface area contributed by atoms with Gasteiger partial charge in [-0.05, 0) is 59.7 Å². The van der Waals surface area contributed by atoms with E-state index in [1.807, 2.05) is 109 Å². The van der Waals surface area contributed by atoms with Gasteiger partial charge in [0.1, 0.15) is 22.2 Å². The highest BCUT2D eigenvalue weighted by atomic mass is 16.3. The highest BCUT2D eigenvalue weighted by Crippen LogP contribution is 2.42. The molecule has 0 aliphatic heterocycles. The number of furan rings is 2. The number of aromatic nitrogens is 4. The quantitative estimate of drug-likeness (QED) is 0.186. The lowest BCUT2D eigenvalue weighted by Gasteiger charge is -2.15. The third kappa shape index (κ3) is 4.58. The summed E-state index contributed by atoms with van der Waals surface area (Å²) in [6.45, 7) is 0. The van der Waals surface area contributed by atoms with E-state index in [4.69, 9.17) is 28.8 Å². The van der Waals surface area contributed by atoms with Crippen LogP contribution in [-0.4, -0.2) is 19.9 Å². The largest absolute Gasteiger partial charge is 0.454 e. The molecule has 234 valence electrons. The van der Waals surface area contributed by atoms with Gasteiger partial charge in [-0.2, -0.15) is 0 Å². The number of hydrogen-bond donors (Lipinski definition) is 0. The molecule has 10 aromatic rings. The lowest BCUT2D eigenvalue weighted by atomic mass is 9.94. The van der Waals surface area contributed by atoms with Crippen molar-refractivity contribution in [1.82, 2.24) is 19.9 Å². The number of benzene rings is 5. The van der Waals surface area contributed by atoms with Gasteiger partial charge in [-0.15, -0.1) is 0 Å². The molecule has 50 heavy (non-hydrogen) atoms. The van der Waals surface area contributed by atoms with Gasteiger partial charge in [0.25, 0.3) is 0 Å². The second-order valence-electron chi connectivity index (χ2n) is 12.2. The first-order valence-corrected chi connectivity index (χ1v) is 16.5. The molecule has 0 amide bonds. The molecule has 0 aliphatic rings. The first-order chi connectivity index (χ1) is 24.8. The second kappa shape index (κ2) is 11.4. The molecule has 0 bridgehead atoms. The molecule has 0 saturated carbocycles. The summed E-state index contributed by atoms with van der Waals surface area (Å²) < 4.78 is 12.9. The summed E-state index contributed by atoms with van der Waals surface area (Å²) in [7, 11) is 0. The van der Waals surface area contributed by atoms with Crippen molar-refractivity contribution in [2.24, 2.45) is 0 Å². The molecule has 6 nitrogen and oxygen atoms in total. The Bertz CT molecular complexity index is 2820. The van der Waals surface area contributed by atoms with E-state index in [0.717, 1.165) is 88.9 Å². The Morgan fingerprint density at radius 2 is 0.900 bits per heavy atom. The molecular weight excluding hydrogens is 617 g/mol. The number of hydrogen-bond acceptors (Lipinski definition) is 6. The highest BCUT2D eigenvalue weighted by molar-refractivity contribution is 6.10. The van der Waals surface area contributed by atoms with Crippen LogP contribution >= 0.6 is 0 Å². The molecule has 0 N–H and O–H groups in total. The van der Waals surface area contributed by atoms with Gasteiger partial charge in [0, 0.05) is 51.0 Å². The molecule has 5 aromatic heterocycles. The maximum absolute atomic E-state index is 6.49. The molecule has 0 aliphatic carbocycles. The van der Waals surface area contributed by atoms with E-state index in [9.17, 15) is 0 Å². The van der Waals surface area contributed by atoms with Gasteiger partial charge in [0.2, 0.25) is 0 Å². The van der Waals surface area contributed by atoms with Crippen LogP contribution in [0.2, 0.25) is 0 Å². The van der Waals surface area contributed by atoms with Crippen LogP contribution in [0.15, 0.2) is 167 Å². The van der Waals surface area contributed by atoms with Crippen LogP contribution in [0.25, 0.3) is 100 Å². The van der Waals surface area contributed by atoms with Crippen molar-refractivity contribution in [2.45, 2.75) is 0 Å².